The number of halogens is 2. The number of unbranched alkanes of at least 4 members (excludes halogenated alkanes) is 3. The highest BCUT2D eigenvalue weighted by atomic mass is 35.5. The summed E-state index contributed by atoms with van der Waals surface area (Å²) in [6.07, 6.45) is 21.0. The van der Waals surface area contributed by atoms with Gasteiger partial charge in [0.25, 0.3) is 0 Å². The van der Waals surface area contributed by atoms with Gasteiger partial charge < -0.3 is 0 Å². The van der Waals surface area contributed by atoms with Crippen molar-refractivity contribution in [2.24, 2.45) is 17.8 Å². The van der Waals surface area contributed by atoms with Crippen LogP contribution in [0.15, 0.2) is 42.5 Å². The van der Waals surface area contributed by atoms with Crippen LogP contribution in [0.4, 0.5) is 4.39 Å². The molecule has 0 spiro atoms. The van der Waals surface area contributed by atoms with Crippen molar-refractivity contribution < 1.29 is 4.39 Å². The van der Waals surface area contributed by atoms with Crippen molar-refractivity contribution in [3.63, 3.8) is 0 Å². The van der Waals surface area contributed by atoms with Crippen LogP contribution in [0.25, 0.3) is 11.1 Å². The Hall–Kier alpha value is -1.34. The highest BCUT2D eigenvalue weighted by Gasteiger charge is 2.25. The second-order valence-corrected chi connectivity index (χ2v) is 11.7. The van der Waals surface area contributed by atoms with Crippen molar-refractivity contribution in [2.45, 2.75) is 109 Å². The average Bonchev–Trinajstić information content (AvgIpc) is 2.87. The van der Waals surface area contributed by atoms with E-state index in [4.69, 9.17) is 11.6 Å². The molecule has 0 amide bonds. The molecule has 0 atom stereocenters. The SMILES string of the molecule is CCCCCCC1CCC(CCC2CCC(c3ccc(-c4ccc(Cl)cc4)c(F)c3)CC2)CC1. The van der Waals surface area contributed by atoms with Crippen LogP contribution in [0, 0.1) is 23.6 Å². The monoisotopic (exact) mass is 482 g/mol. The molecule has 0 unspecified atom stereocenters. The van der Waals surface area contributed by atoms with Gasteiger partial charge in [0, 0.05) is 10.6 Å². The first-order chi connectivity index (χ1) is 16.6. The molecule has 0 N–H and O–H groups in total. The highest BCUT2D eigenvalue weighted by molar-refractivity contribution is 6.30. The van der Waals surface area contributed by atoms with Crippen molar-refractivity contribution in [2.75, 3.05) is 0 Å². The van der Waals surface area contributed by atoms with Gasteiger partial charge in [-0.25, -0.2) is 4.39 Å². The first-order valence-electron chi connectivity index (χ1n) is 14.2. The fourth-order valence-electron chi connectivity index (χ4n) is 6.57. The van der Waals surface area contributed by atoms with Gasteiger partial charge in [0.2, 0.25) is 0 Å². The van der Waals surface area contributed by atoms with Gasteiger partial charge >= 0.3 is 0 Å². The molecule has 0 nitrogen and oxygen atoms in total. The van der Waals surface area contributed by atoms with Gasteiger partial charge in [0.05, 0.1) is 0 Å². The Bertz CT molecular complexity index is 857. The summed E-state index contributed by atoms with van der Waals surface area (Å²) in [4.78, 5) is 0. The summed E-state index contributed by atoms with van der Waals surface area (Å²) in [6, 6.07) is 13.3. The van der Waals surface area contributed by atoms with E-state index >= 15 is 0 Å². The molecule has 0 radical (unpaired) electrons. The van der Waals surface area contributed by atoms with E-state index in [0.29, 0.717) is 16.5 Å². The topological polar surface area (TPSA) is 0 Å². The molecule has 34 heavy (non-hydrogen) atoms. The van der Waals surface area contributed by atoms with Crippen molar-refractivity contribution in [1.82, 2.24) is 0 Å². The molecule has 2 saturated carbocycles. The molecule has 4 rings (SSSR count). The summed E-state index contributed by atoms with van der Waals surface area (Å²) >= 11 is 5.98. The molecule has 2 aromatic rings. The van der Waals surface area contributed by atoms with Gasteiger partial charge in [-0.05, 0) is 78.7 Å². The van der Waals surface area contributed by atoms with E-state index in [2.05, 4.69) is 13.0 Å². The second-order valence-electron chi connectivity index (χ2n) is 11.3. The first-order valence-corrected chi connectivity index (χ1v) is 14.6. The van der Waals surface area contributed by atoms with Crippen LogP contribution < -0.4 is 0 Å². The third kappa shape index (κ3) is 7.33. The molecule has 2 heteroatoms. The molecule has 0 aliphatic heterocycles. The average molecular weight is 483 g/mol. The van der Waals surface area contributed by atoms with Crippen LogP contribution in [-0.4, -0.2) is 0 Å². The van der Waals surface area contributed by atoms with E-state index in [-0.39, 0.29) is 5.82 Å². The summed E-state index contributed by atoms with van der Waals surface area (Å²) in [5.74, 6) is 3.31. The number of hydrogen-bond acceptors (Lipinski definition) is 0. The number of hydrogen-bond donors (Lipinski definition) is 0. The molecule has 0 bridgehead atoms. The zero-order chi connectivity index (χ0) is 23.8. The lowest BCUT2D eigenvalue weighted by Gasteiger charge is -2.32. The van der Waals surface area contributed by atoms with E-state index in [1.807, 2.05) is 30.3 Å². The van der Waals surface area contributed by atoms with Crippen LogP contribution in [-0.2, 0) is 0 Å². The van der Waals surface area contributed by atoms with Crippen LogP contribution in [0.5, 0.6) is 0 Å². The maximum Gasteiger partial charge on any atom is 0.131 e. The number of rotatable bonds is 10. The Labute approximate surface area is 212 Å². The largest absolute Gasteiger partial charge is 0.206 e. The zero-order valence-corrected chi connectivity index (χ0v) is 22.0. The molecular weight excluding hydrogens is 439 g/mol. The normalized spacial score (nSPS) is 25.4. The number of benzene rings is 2. The van der Waals surface area contributed by atoms with E-state index in [1.165, 1.54) is 102 Å². The van der Waals surface area contributed by atoms with Gasteiger partial charge in [0.15, 0.2) is 0 Å². The quantitative estimate of drug-likeness (QED) is 0.295. The third-order valence-electron chi connectivity index (χ3n) is 8.88. The van der Waals surface area contributed by atoms with Gasteiger partial charge in [-0.2, -0.15) is 0 Å². The van der Waals surface area contributed by atoms with Crippen LogP contribution in [0.2, 0.25) is 5.02 Å². The summed E-state index contributed by atoms with van der Waals surface area (Å²) in [5, 5.41) is 0.683. The summed E-state index contributed by atoms with van der Waals surface area (Å²) in [6.45, 7) is 2.30. The van der Waals surface area contributed by atoms with E-state index in [0.717, 1.165) is 23.3 Å². The molecule has 0 aromatic heterocycles. The molecular formula is C32H44ClF. The predicted octanol–water partition coefficient (Wildman–Crippen LogP) is 11.0. The van der Waals surface area contributed by atoms with E-state index < -0.39 is 0 Å². The molecule has 186 valence electrons. The Morgan fingerprint density at radius 1 is 0.706 bits per heavy atom. The maximum absolute atomic E-state index is 14.9. The van der Waals surface area contributed by atoms with Gasteiger partial charge in [-0.3, -0.25) is 0 Å². The summed E-state index contributed by atoms with van der Waals surface area (Å²) < 4.78 is 14.9. The molecule has 0 saturated heterocycles. The lowest BCUT2D eigenvalue weighted by Crippen LogP contribution is -2.18. The standard InChI is InChI=1S/C32H44ClF/c1-2-3-4-5-6-24-7-9-25(10-8-24)11-12-26-13-15-27(16-14-26)29-19-22-31(32(34)23-29)28-17-20-30(33)21-18-28/h17-27H,2-16H2,1H3. The molecule has 0 heterocycles. The van der Waals surface area contributed by atoms with Crippen molar-refractivity contribution >= 4 is 11.6 Å². The van der Waals surface area contributed by atoms with Gasteiger partial charge in [0.1, 0.15) is 5.82 Å². The minimum Gasteiger partial charge on any atom is -0.206 e. The van der Waals surface area contributed by atoms with Crippen molar-refractivity contribution in [1.29, 1.82) is 0 Å². The van der Waals surface area contributed by atoms with E-state index in [9.17, 15) is 4.39 Å². The smallest absolute Gasteiger partial charge is 0.131 e. The van der Waals surface area contributed by atoms with Crippen LogP contribution >= 0.6 is 11.6 Å². The summed E-state index contributed by atoms with van der Waals surface area (Å²) in [5.41, 5.74) is 2.75. The van der Waals surface area contributed by atoms with Gasteiger partial charge in [-0.15, -0.1) is 0 Å². The Morgan fingerprint density at radius 2 is 1.29 bits per heavy atom. The van der Waals surface area contributed by atoms with Crippen molar-refractivity contribution in [3.05, 3.63) is 58.9 Å². The summed E-state index contributed by atoms with van der Waals surface area (Å²) in [7, 11) is 0. The predicted molar refractivity (Wildman–Crippen MR) is 145 cm³/mol. The molecule has 2 aliphatic rings. The van der Waals surface area contributed by atoms with Crippen molar-refractivity contribution in [3.8, 4) is 11.1 Å². The minimum absolute atomic E-state index is 0.108. The van der Waals surface area contributed by atoms with Crippen LogP contribution in [0.3, 0.4) is 0 Å². The Morgan fingerprint density at radius 3 is 1.88 bits per heavy atom. The lowest BCUT2D eigenvalue weighted by molar-refractivity contribution is 0.222. The minimum atomic E-state index is -0.108. The highest BCUT2D eigenvalue weighted by Crippen LogP contribution is 2.41. The lowest BCUT2D eigenvalue weighted by atomic mass is 9.74. The van der Waals surface area contributed by atoms with Gasteiger partial charge in [-0.1, -0.05) is 113 Å². The Balaban J connectivity index is 1.17. The second kappa shape index (κ2) is 13.1. The zero-order valence-electron chi connectivity index (χ0n) is 21.2. The third-order valence-corrected chi connectivity index (χ3v) is 9.13. The van der Waals surface area contributed by atoms with Crippen LogP contribution in [0.1, 0.15) is 115 Å². The fraction of sp³-hybridized carbons (Fsp3) is 0.625. The fourth-order valence-corrected chi connectivity index (χ4v) is 6.70. The molecule has 2 aliphatic carbocycles. The molecule has 2 aromatic carbocycles. The van der Waals surface area contributed by atoms with E-state index in [1.54, 1.807) is 6.07 Å². The Kier molecular flexibility index (Phi) is 9.92. The molecule has 2 fully saturated rings. The maximum atomic E-state index is 14.9. The first kappa shape index (κ1) is 25.7.